The van der Waals surface area contributed by atoms with Crippen molar-refractivity contribution in [3.8, 4) is 0 Å². The first-order valence-electron chi connectivity index (χ1n) is 5.43. The lowest BCUT2D eigenvalue weighted by atomic mass is 10.0. The molecule has 0 aliphatic heterocycles. The van der Waals surface area contributed by atoms with Crippen LogP contribution in [0.1, 0.15) is 31.9 Å². The summed E-state index contributed by atoms with van der Waals surface area (Å²) < 4.78 is 1.93. The summed E-state index contributed by atoms with van der Waals surface area (Å²) in [7, 11) is 1.99. The third-order valence-corrected chi connectivity index (χ3v) is 3.44. The van der Waals surface area contributed by atoms with Crippen LogP contribution in [-0.4, -0.2) is 16.3 Å². The summed E-state index contributed by atoms with van der Waals surface area (Å²) in [5, 5.41) is 7.67. The molecule has 0 radical (unpaired) electrons. The van der Waals surface area contributed by atoms with Gasteiger partial charge in [-0.3, -0.25) is 4.68 Å². The number of nitrogens with zero attached hydrogens (tertiary/aromatic N) is 2. The van der Waals surface area contributed by atoms with Crippen molar-refractivity contribution < 1.29 is 0 Å². The maximum Gasteiger partial charge on any atom is 0.0518 e. The Balaban J connectivity index is 0.00000112. The second-order valence-electron chi connectivity index (χ2n) is 4.40. The lowest BCUT2D eigenvalue weighted by Gasteiger charge is -2.13. The third-order valence-electron chi connectivity index (χ3n) is 3.44. The Morgan fingerprint density at radius 2 is 2.27 bits per heavy atom. The molecule has 86 valence electrons. The predicted octanol–water partition coefficient (Wildman–Crippen LogP) is 2.12. The van der Waals surface area contributed by atoms with E-state index in [9.17, 15) is 0 Å². The zero-order chi connectivity index (χ0) is 10.0. The molecule has 1 aromatic heterocycles. The fourth-order valence-corrected chi connectivity index (χ4v) is 1.86. The van der Waals surface area contributed by atoms with Crippen LogP contribution in [-0.2, 0) is 13.6 Å². The van der Waals surface area contributed by atoms with Crippen molar-refractivity contribution in [2.24, 2.45) is 12.5 Å². The van der Waals surface area contributed by atoms with Gasteiger partial charge in [-0.2, -0.15) is 5.10 Å². The fourth-order valence-electron chi connectivity index (χ4n) is 1.86. The molecule has 0 atom stereocenters. The zero-order valence-corrected chi connectivity index (χ0v) is 10.3. The molecule has 0 aromatic carbocycles. The highest BCUT2D eigenvalue weighted by Crippen LogP contribution is 2.47. The van der Waals surface area contributed by atoms with Crippen LogP contribution in [0.15, 0.2) is 12.3 Å². The second-order valence-corrected chi connectivity index (χ2v) is 4.40. The summed E-state index contributed by atoms with van der Waals surface area (Å²) in [4.78, 5) is 0. The largest absolute Gasteiger partial charge is 0.311 e. The summed E-state index contributed by atoms with van der Waals surface area (Å²) in [5.74, 6) is 0. The van der Waals surface area contributed by atoms with Gasteiger partial charge in [0.2, 0.25) is 0 Å². The molecule has 1 saturated carbocycles. The highest BCUT2D eigenvalue weighted by atomic mass is 35.5. The predicted molar refractivity (Wildman–Crippen MR) is 64.1 cm³/mol. The smallest absolute Gasteiger partial charge is 0.0518 e. The van der Waals surface area contributed by atoms with Crippen LogP contribution in [0.3, 0.4) is 0 Å². The Kier molecular flexibility index (Phi) is 4.17. The van der Waals surface area contributed by atoms with Crippen molar-refractivity contribution in [2.45, 2.75) is 32.7 Å². The van der Waals surface area contributed by atoms with Crippen molar-refractivity contribution in [1.29, 1.82) is 0 Å². The molecule has 3 nitrogen and oxygen atoms in total. The van der Waals surface area contributed by atoms with Gasteiger partial charge < -0.3 is 5.32 Å². The first kappa shape index (κ1) is 12.5. The van der Waals surface area contributed by atoms with Gasteiger partial charge in [0.15, 0.2) is 0 Å². The standard InChI is InChI=1S/C11H19N3.ClH/c1-3-11(5-6-11)9-12-8-10-4-7-13-14(10)2;/h4,7,12H,3,5-6,8-9H2,1-2H3;1H. The van der Waals surface area contributed by atoms with E-state index in [0.29, 0.717) is 5.41 Å². The monoisotopic (exact) mass is 229 g/mol. The maximum absolute atomic E-state index is 4.14. The van der Waals surface area contributed by atoms with E-state index < -0.39 is 0 Å². The number of hydrogen-bond donors (Lipinski definition) is 1. The van der Waals surface area contributed by atoms with E-state index in [1.807, 2.05) is 17.9 Å². The first-order chi connectivity index (χ1) is 6.76. The van der Waals surface area contributed by atoms with Gasteiger partial charge in [0.25, 0.3) is 0 Å². The second kappa shape index (κ2) is 4.99. The minimum atomic E-state index is 0. The molecule has 1 N–H and O–H groups in total. The van der Waals surface area contributed by atoms with E-state index >= 15 is 0 Å². The Morgan fingerprint density at radius 1 is 1.53 bits per heavy atom. The summed E-state index contributed by atoms with van der Waals surface area (Å²) in [6.45, 7) is 4.39. The van der Waals surface area contributed by atoms with Gasteiger partial charge in [0.05, 0.1) is 5.69 Å². The van der Waals surface area contributed by atoms with Crippen molar-refractivity contribution in [2.75, 3.05) is 6.54 Å². The summed E-state index contributed by atoms with van der Waals surface area (Å²) in [6.07, 6.45) is 5.97. The van der Waals surface area contributed by atoms with Crippen LogP contribution >= 0.6 is 12.4 Å². The Morgan fingerprint density at radius 3 is 2.73 bits per heavy atom. The molecule has 1 aromatic rings. The van der Waals surface area contributed by atoms with Crippen LogP contribution in [0.2, 0.25) is 0 Å². The molecule has 1 heterocycles. The van der Waals surface area contributed by atoms with Crippen molar-refractivity contribution in [3.05, 3.63) is 18.0 Å². The number of halogens is 1. The van der Waals surface area contributed by atoms with Gasteiger partial charge in [-0.1, -0.05) is 6.92 Å². The summed E-state index contributed by atoms with van der Waals surface area (Å²) in [5.41, 5.74) is 1.90. The third kappa shape index (κ3) is 2.95. The Bertz CT molecular complexity index is 305. The minimum Gasteiger partial charge on any atom is -0.311 e. The van der Waals surface area contributed by atoms with Crippen LogP contribution in [0, 0.1) is 5.41 Å². The molecule has 0 amide bonds. The molecular formula is C11H20ClN3. The number of nitrogens with one attached hydrogen (secondary N) is 1. The van der Waals surface area contributed by atoms with E-state index in [2.05, 4.69) is 23.4 Å². The van der Waals surface area contributed by atoms with E-state index in [1.165, 1.54) is 25.0 Å². The topological polar surface area (TPSA) is 29.9 Å². The molecule has 15 heavy (non-hydrogen) atoms. The van der Waals surface area contributed by atoms with Crippen LogP contribution in [0.25, 0.3) is 0 Å². The molecular weight excluding hydrogens is 210 g/mol. The zero-order valence-electron chi connectivity index (χ0n) is 9.49. The summed E-state index contributed by atoms with van der Waals surface area (Å²) >= 11 is 0. The molecule has 0 unspecified atom stereocenters. The van der Waals surface area contributed by atoms with Gasteiger partial charge in [-0.15, -0.1) is 12.4 Å². The first-order valence-corrected chi connectivity index (χ1v) is 5.43. The molecule has 4 heteroatoms. The average molecular weight is 230 g/mol. The Hall–Kier alpha value is -0.540. The number of rotatable bonds is 5. The van der Waals surface area contributed by atoms with Gasteiger partial charge in [0.1, 0.15) is 0 Å². The van der Waals surface area contributed by atoms with Gasteiger partial charge >= 0.3 is 0 Å². The molecule has 2 rings (SSSR count). The number of hydrogen-bond acceptors (Lipinski definition) is 2. The van der Waals surface area contributed by atoms with E-state index in [1.54, 1.807) is 0 Å². The lowest BCUT2D eigenvalue weighted by Crippen LogP contribution is -2.24. The van der Waals surface area contributed by atoms with E-state index in [4.69, 9.17) is 0 Å². The van der Waals surface area contributed by atoms with Crippen LogP contribution < -0.4 is 5.32 Å². The van der Waals surface area contributed by atoms with Crippen molar-refractivity contribution >= 4 is 12.4 Å². The average Bonchev–Trinajstić information content (AvgIpc) is 2.86. The van der Waals surface area contributed by atoms with Crippen LogP contribution in [0.4, 0.5) is 0 Å². The normalized spacial score (nSPS) is 17.2. The number of aromatic nitrogens is 2. The van der Waals surface area contributed by atoms with Gasteiger partial charge in [-0.05, 0) is 30.7 Å². The van der Waals surface area contributed by atoms with Gasteiger partial charge in [-0.25, -0.2) is 0 Å². The molecule has 1 aliphatic rings. The molecule has 0 saturated heterocycles. The molecule has 0 spiro atoms. The maximum atomic E-state index is 4.14. The van der Waals surface area contributed by atoms with Gasteiger partial charge in [0, 0.05) is 26.3 Å². The highest BCUT2D eigenvalue weighted by molar-refractivity contribution is 5.85. The van der Waals surface area contributed by atoms with Crippen molar-refractivity contribution in [3.63, 3.8) is 0 Å². The van der Waals surface area contributed by atoms with Crippen molar-refractivity contribution in [1.82, 2.24) is 15.1 Å². The number of aryl methyl sites for hydroxylation is 1. The van der Waals surface area contributed by atoms with E-state index in [-0.39, 0.29) is 12.4 Å². The minimum absolute atomic E-state index is 0. The summed E-state index contributed by atoms with van der Waals surface area (Å²) in [6, 6.07) is 2.07. The fraction of sp³-hybridized carbons (Fsp3) is 0.727. The SMILES string of the molecule is CCC1(CNCc2ccnn2C)CC1.Cl. The quantitative estimate of drug-likeness (QED) is 0.839. The van der Waals surface area contributed by atoms with E-state index in [0.717, 1.165) is 13.1 Å². The molecule has 0 bridgehead atoms. The molecule has 1 aliphatic carbocycles. The lowest BCUT2D eigenvalue weighted by molar-refractivity contribution is 0.438. The Labute approximate surface area is 97.7 Å². The van der Waals surface area contributed by atoms with Crippen LogP contribution in [0.5, 0.6) is 0 Å². The highest BCUT2D eigenvalue weighted by Gasteiger charge is 2.39. The molecule has 1 fully saturated rings.